The number of urea groups is 1. The number of hydrogen-bond acceptors (Lipinski definition) is 17. The Balaban J connectivity index is 0.798. The van der Waals surface area contributed by atoms with Crippen LogP contribution in [0.25, 0.3) is 0 Å². The Hall–Kier alpha value is -7.55. The van der Waals surface area contributed by atoms with Crippen molar-refractivity contribution >= 4 is 71.1 Å². The van der Waals surface area contributed by atoms with Gasteiger partial charge in [0, 0.05) is 62.6 Å². The lowest BCUT2D eigenvalue weighted by Crippen LogP contribution is -2.45. The van der Waals surface area contributed by atoms with Crippen molar-refractivity contribution in [2.75, 3.05) is 99.5 Å². The topological polar surface area (TPSA) is 235 Å². The van der Waals surface area contributed by atoms with Crippen molar-refractivity contribution in [3.05, 3.63) is 94.6 Å². The first kappa shape index (κ1) is 56.6. The lowest BCUT2D eigenvalue weighted by molar-refractivity contribution is -0.134. The van der Waals surface area contributed by atoms with Crippen LogP contribution >= 0.6 is 11.8 Å². The number of amides is 7. The minimum Gasteiger partial charge on any atom is -0.493 e. The van der Waals surface area contributed by atoms with Crippen molar-refractivity contribution in [1.82, 2.24) is 25.3 Å². The molecular weight excluding hydrogens is 1030 g/mol. The highest BCUT2D eigenvalue weighted by atomic mass is 32.2. The Bertz CT molecular complexity index is 2800. The number of benzene rings is 3. The number of carbonyl (C=O) groups is 6. The molecule has 0 saturated carbocycles. The van der Waals surface area contributed by atoms with Gasteiger partial charge < -0.3 is 58.3 Å². The Morgan fingerprint density at radius 1 is 0.667 bits per heavy atom. The van der Waals surface area contributed by atoms with E-state index in [1.54, 1.807) is 52.8 Å². The number of thioether (sulfide) groups is 1. The second kappa shape index (κ2) is 27.2. The van der Waals surface area contributed by atoms with Crippen LogP contribution in [0.4, 0.5) is 16.2 Å². The standard InChI is InChI=1S/C56H63N7O14S/c1-35-19-40-29-59-44-26-48(46(70-3)24-42(44)53(66)61(40)31-35)76-33-38-21-37(22-39(23-38)34-77-49-27-45-43(25-47(49)71-4)54(67)62-32-36(2)20-41(62)30-60-45)7-6-9-57-51(64)8-11-72-13-15-74-17-18-75-16-14-73-12-10-58-56(69)63-52(65)28-50(78-5)55(63)68/h21-27,29-30,40-41,50H,1-2,8-20,28,31-34H2,3-5H3,(H,57,64)(H,58,69)/t40-,41-,50?/m0/s1. The first-order valence-corrected chi connectivity index (χ1v) is 26.7. The smallest absolute Gasteiger partial charge is 0.331 e. The highest BCUT2D eigenvalue weighted by Crippen LogP contribution is 2.41. The maximum atomic E-state index is 13.6. The fourth-order valence-electron chi connectivity index (χ4n) is 9.15. The Kier molecular flexibility index (Phi) is 19.7. The van der Waals surface area contributed by atoms with E-state index in [4.69, 9.17) is 37.9 Å². The van der Waals surface area contributed by atoms with E-state index in [9.17, 15) is 28.8 Å². The van der Waals surface area contributed by atoms with Crippen LogP contribution in [0.15, 0.2) is 76.8 Å². The van der Waals surface area contributed by atoms with E-state index in [0.717, 1.165) is 22.3 Å². The van der Waals surface area contributed by atoms with E-state index in [0.29, 0.717) is 108 Å². The number of methoxy groups -OCH3 is 2. The van der Waals surface area contributed by atoms with Crippen molar-refractivity contribution < 1.29 is 66.7 Å². The number of nitrogens with one attached hydrogen (secondary N) is 2. The van der Waals surface area contributed by atoms with Gasteiger partial charge in [-0.15, -0.1) is 0 Å². The highest BCUT2D eigenvalue weighted by Gasteiger charge is 2.42. The van der Waals surface area contributed by atoms with Crippen LogP contribution in [0.3, 0.4) is 0 Å². The summed E-state index contributed by atoms with van der Waals surface area (Å²) >= 11 is 1.24. The number of imide groups is 3. The lowest BCUT2D eigenvalue weighted by atomic mass is 10.1. The molecule has 8 rings (SSSR count). The summed E-state index contributed by atoms with van der Waals surface area (Å²) < 4.78 is 46.2. The molecule has 7 amide bonds. The molecule has 412 valence electrons. The normalized spacial score (nSPS) is 18.2. The molecule has 3 aromatic carbocycles. The van der Waals surface area contributed by atoms with Crippen molar-refractivity contribution in [2.45, 2.75) is 56.2 Å². The summed E-state index contributed by atoms with van der Waals surface area (Å²) in [6.07, 6.45) is 6.72. The number of nitrogens with zero attached hydrogens (tertiary/aromatic N) is 5. The quantitative estimate of drug-likeness (QED) is 0.0494. The number of aliphatic imine (C=N–C) groups is 2. The first-order chi connectivity index (χ1) is 37.8. The van der Waals surface area contributed by atoms with Crippen molar-refractivity contribution in [3.63, 3.8) is 0 Å². The van der Waals surface area contributed by atoms with Gasteiger partial charge in [0.25, 0.3) is 17.7 Å². The SMILES string of the molecule is C=C1C[C@H]2C=Nc3cc(OCc4cc(C#CCNC(=O)CCOCCOCCOCCOCCNC(=O)N5C(=O)CC(SC)C5=O)cc(COc5cc6c(cc5OC)C(=O)N5CC(=C)C[C@H]5C=N6)c4)c(OC)cc3C(=O)N2C1. The largest absolute Gasteiger partial charge is 0.493 e. The Morgan fingerprint density at radius 3 is 1.68 bits per heavy atom. The highest BCUT2D eigenvalue weighted by molar-refractivity contribution is 8.00. The molecule has 78 heavy (non-hydrogen) atoms. The number of hydrogen-bond donors (Lipinski definition) is 2. The summed E-state index contributed by atoms with van der Waals surface area (Å²) in [7, 11) is 3.02. The molecule has 0 aliphatic carbocycles. The van der Waals surface area contributed by atoms with Crippen molar-refractivity contribution in [1.29, 1.82) is 0 Å². The summed E-state index contributed by atoms with van der Waals surface area (Å²) in [5, 5.41) is 4.80. The molecule has 3 atom stereocenters. The number of rotatable bonds is 25. The van der Waals surface area contributed by atoms with Gasteiger partial charge in [0.2, 0.25) is 11.8 Å². The number of ether oxygens (including phenoxy) is 8. The summed E-state index contributed by atoms with van der Waals surface area (Å²) in [5.41, 5.74) is 5.82. The van der Waals surface area contributed by atoms with Gasteiger partial charge in [-0.2, -0.15) is 16.7 Å². The van der Waals surface area contributed by atoms with Gasteiger partial charge >= 0.3 is 6.03 Å². The van der Waals surface area contributed by atoms with Crippen LogP contribution in [0.5, 0.6) is 23.0 Å². The van der Waals surface area contributed by atoms with Crippen LogP contribution in [-0.2, 0) is 46.5 Å². The Morgan fingerprint density at radius 2 is 1.18 bits per heavy atom. The van der Waals surface area contributed by atoms with E-state index in [-0.39, 0.29) is 95.4 Å². The monoisotopic (exact) mass is 1090 g/mol. The molecule has 5 aliphatic heterocycles. The minimum absolute atomic E-state index is 0.0171. The van der Waals surface area contributed by atoms with Crippen LogP contribution < -0.4 is 29.6 Å². The van der Waals surface area contributed by atoms with Crippen molar-refractivity contribution in [3.8, 4) is 34.8 Å². The molecule has 0 radical (unpaired) electrons. The minimum atomic E-state index is -0.744. The van der Waals surface area contributed by atoms with Gasteiger partial charge in [0.1, 0.15) is 13.2 Å². The van der Waals surface area contributed by atoms with Crippen LogP contribution in [0.2, 0.25) is 0 Å². The second-order valence-electron chi connectivity index (χ2n) is 18.6. The predicted molar refractivity (Wildman–Crippen MR) is 290 cm³/mol. The number of likely N-dealkylation sites (tertiary alicyclic amines) is 1. The predicted octanol–water partition coefficient (Wildman–Crippen LogP) is 4.96. The van der Waals surface area contributed by atoms with Gasteiger partial charge in [-0.1, -0.05) is 36.1 Å². The van der Waals surface area contributed by atoms with Gasteiger partial charge in [0.05, 0.1) is 113 Å². The fraction of sp³-hybridized carbons (Fsp3) is 0.429. The zero-order chi connectivity index (χ0) is 55.1. The molecule has 0 spiro atoms. The molecule has 0 bridgehead atoms. The first-order valence-electron chi connectivity index (χ1n) is 25.4. The molecule has 1 unspecified atom stereocenters. The van der Waals surface area contributed by atoms with E-state index in [2.05, 4.69) is 45.6 Å². The zero-order valence-electron chi connectivity index (χ0n) is 43.9. The lowest BCUT2D eigenvalue weighted by Gasteiger charge is -2.20. The van der Waals surface area contributed by atoms with Gasteiger partial charge in [-0.25, -0.2) is 4.79 Å². The van der Waals surface area contributed by atoms with E-state index >= 15 is 0 Å². The molecule has 22 heteroatoms. The summed E-state index contributed by atoms with van der Waals surface area (Å²) in [5.74, 6) is 6.15. The molecule has 21 nitrogen and oxygen atoms in total. The molecule has 5 aliphatic rings. The second-order valence-corrected chi connectivity index (χ2v) is 19.7. The van der Waals surface area contributed by atoms with E-state index < -0.39 is 23.1 Å². The third-order valence-electron chi connectivity index (χ3n) is 13.1. The third kappa shape index (κ3) is 14.3. The summed E-state index contributed by atoms with van der Waals surface area (Å²) in [4.78, 5) is 89.6. The van der Waals surface area contributed by atoms with Crippen molar-refractivity contribution in [2.24, 2.45) is 9.98 Å². The van der Waals surface area contributed by atoms with E-state index in [1.165, 1.54) is 26.0 Å². The third-order valence-corrected chi connectivity index (χ3v) is 14.0. The van der Waals surface area contributed by atoms with Gasteiger partial charge in [-0.05, 0) is 60.6 Å². The number of carbonyl (C=O) groups excluding carboxylic acids is 6. The van der Waals surface area contributed by atoms with Crippen LogP contribution in [0.1, 0.15) is 63.1 Å². The maximum absolute atomic E-state index is 13.6. The average Bonchev–Trinajstić information content (AvgIpc) is 4.14. The molecule has 3 fully saturated rings. The number of fused-ring (bicyclic) bond motifs is 4. The molecule has 3 saturated heterocycles. The van der Waals surface area contributed by atoms with Crippen LogP contribution in [-0.4, -0.2) is 180 Å². The molecule has 5 heterocycles. The summed E-state index contributed by atoms with van der Waals surface area (Å²) in [6.45, 7) is 11.6. The van der Waals surface area contributed by atoms with E-state index in [1.807, 2.05) is 18.2 Å². The zero-order valence-corrected chi connectivity index (χ0v) is 44.7. The maximum Gasteiger partial charge on any atom is 0.331 e. The van der Waals surface area contributed by atoms with Crippen LogP contribution in [0, 0.1) is 11.8 Å². The Labute approximate surface area is 456 Å². The fourth-order valence-corrected chi connectivity index (χ4v) is 9.76. The van der Waals surface area contributed by atoms with Gasteiger partial charge in [0.15, 0.2) is 23.0 Å². The summed E-state index contributed by atoms with van der Waals surface area (Å²) in [6, 6.07) is 11.3. The average molecular weight is 1090 g/mol. The molecule has 3 aromatic rings. The molecular formula is C56H63N7O14S. The van der Waals surface area contributed by atoms with Gasteiger partial charge in [-0.3, -0.25) is 34.0 Å². The molecule has 2 N–H and O–H groups in total. The molecule has 0 aromatic heterocycles.